The van der Waals surface area contributed by atoms with Crippen molar-refractivity contribution in [2.24, 2.45) is 10.9 Å². The number of hydrogen-bond acceptors (Lipinski definition) is 1. The maximum Gasteiger partial charge on any atom is 0.0658 e. The first-order valence-corrected chi connectivity index (χ1v) is 5.90. The molecule has 1 saturated carbocycles. The van der Waals surface area contributed by atoms with E-state index in [0.29, 0.717) is 5.92 Å². The van der Waals surface area contributed by atoms with Gasteiger partial charge in [0.05, 0.1) is 5.69 Å². The van der Waals surface area contributed by atoms with Gasteiger partial charge in [0.15, 0.2) is 0 Å². The van der Waals surface area contributed by atoms with Crippen LogP contribution in [0.15, 0.2) is 29.3 Å². The Hall–Kier alpha value is -1.11. The van der Waals surface area contributed by atoms with E-state index in [1.54, 1.807) is 0 Å². The van der Waals surface area contributed by atoms with Crippen molar-refractivity contribution in [3.8, 4) is 0 Å². The highest BCUT2D eigenvalue weighted by atomic mass is 14.8. The van der Waals surface area contributed by atoms with Crippen LogP contribution in [0.1, 0.15) is 38.2 Å². The van der Waals surface area contributed by atoms with Crippen LogP contribution in [-0.4, -0.2) is 5.71 Å². The third kappa shape index (κ3) is 2.47. The van der Waals surface area contributed by atoms with E-state index < -0.39 is 0 Å². The van der Waals surface area contributed by atoms with Crippen molar-refractivity contribution >= 4 is 11.4 Å². The van der Waals surface area contributed by atoms with E-state index in [-0.39, 0.29) is 0 Å². The molecule has 1 nitrogen and oxygen atoms in total. The molecule has 1 heteroatoms. The molecule has 1 unspecified atom stereocenters. The van der Waals surface area contributed by atoms with Crippen LogP contribution in [-0.2, 0) is 0 Å². The summed E-state index contributed by atoms with van der Waals surface area (Å²) >= 11 is 0. The first kappa shape index (κ1) is 10.4. The Morgan fingerprint density at radius 2 is 2.00 bits per heavy atom. The standard InChI is InChI=1S/C14H19N/c1-11-7-3-5-9-13(11)15-14-10-6-4-8-12(14)2/h3,5,7,9,12H,4,6,8,10H2,1-2H3/b15-14+. The largest absolute Gasteiger partial charge is 0.257 e. The molecule has 0 saturated heterocycles. The highest BCUT2D eigenvalue weighted by Gasteiger charge is 2.15. The third-order valence-corrected chi connectivity index (χ3v) is 3.27. The van der Waals surface area contributed by atoms with Crippen molar-refractivity contribution in [2.45, 2.75) is 39.5 Å². The zero-order valence-corrected chi connectivity index (χ0v) is 9.66. The first-order chi connectivity index (χ1) is 7.27. The van der Waals surface area contributed by atoms with Gasteiger partial charge in [-0.1, -0.05) is 31.5 Å². The molecule has 0 N–H and O–H groups in total. The number of rotatable bonds is 1. The molecule has 15 heavy (non-hydrogen) atoms. The summed E-state index contributed by atoms with van der Waals surface area (Å²) in [5.74, 6) is 0.679. The SMILES string of the molecule is Cc1ccccc1/N=C1\CCCCC1C. The minimum absolute atomic E-state index is 0.679. The minimum atomic E-state index is 0.679. The Labute approximate surface area is 92.2 Å². The van der Waals surface area contributed by atoms with Crippen molar-refractivity contribution in [1.82, 2.24) is 0 Å². The topological polar surface area (TPSA) is 12.4 Å². The smallest absolute Gasteiger partial charge is 0.0658 e. The van der Waals surface area contributed by atoms with Crippen molar-refractivity contribution in [3.05, 3.63) is 29.8 Å². The minimum Gasteiger partial charge on any atom is -0.257 e. The molecule has 0 bridgehead atoms. The average molecular weight is 201 g/mol. The molecule has 1 aliphatic rings. The van der Waals surface area contributed by atoms with Crippen LogP contribution >= 0.6 is 0 Å². The summed E-state index contributed by atoms with van der Waals surface area (Å²) in [5, 5.41) is 0. The zero-order chi connectivity index (χ0) is 10.7. The molecule has 1 aromatic carbocycles. The lowest BCUT2D eigenvalue weighted by Crippen LogP contribution is -2.15. The van der Waals surface area contributed by atoms with Crippen molar-refractivity contribution in [3.63, 3.8) is 0 Å². The summed E-state index contributed by atoms with van der Waals surface area (Å²) in [6.07, 6.45) is 5.18. The predicted molar refractivity (Wildman–Crippen MR) is 65.9 cm³/mol. The molecule has 1 aliphatic carbocycles. The molecule has 1 fully saturated rings. The van der Waals surface area contributed by atoms with Gasteiger partial charge in [-0.05, 0) is 43.7 Å². The molecular formula is C14H19N. The quantitative estimate of drug-likeness (QED) is 0.643. The molecule has 0 aromatic heterocycles. The van der Waals surface area contributed by atoms with Gasteiger partial charge in [-0.25, -0.2) is 0 Å². The second kappa shape index (κ2) is 4.61. The monoisotopic (exact) mass is 201 g/mol. The number of benzene rings is 1. The summed E-state index contributed by atoms with van der Waals surface area (Å²) in [6, 6.07) is 8.39. The van der Waals surface area contributed by atoms with Gasteiger partial charge in [0.2, 0.25) is 0 Å². The van der Waals surface area contributed by atoms with Crippen molar-refractivity contribution in [2.75, 3.05) is 0 Å². The van der Waals surface area contributed by atoms with E-state index in [4.69, 9.17) is 4.99 Å². The van der Waals surface area contributed by atoms with E-state index in [0.717, 1.165) is 5.69 Å². The van der Waals surface area contributed by atoms with Crippen LogP contribution in [0.5, 0.6) is 0 Å². The molecule has 0 amide bonds. The highest BCUT2D eigenvalue weighted by Crippen LogP contribution is 2.25. The predicted octanol–water partition coefficient (Wildman–Crippen LogP) is 4.28. The lowest BCUT2D eigenvalue weighted by Gasteiger charge is -2.20. The Morgan fingerprint density at radius 1 is 1.20 bits per heavy atom. The van der Waals surface area contributed by atoms with Gasteiger partial charge < -0.3 is 0 Å². The van der Waals surface area contributed by atoms with Crippen molar-refractivity contribution < 1.29 is 0 Å². The molecule has 1 aromatic rings. The third-order valence-electron chi connectivity index (χ3n) is 3.27. The Kier molecular flexibility index (Phi) is 3.20. The summed E-state index contributed by atoms with van der Waals surface area (Å²) in [7, 11) is 0. The van der Waals surface area contributed by atoms with Crippen LogP contribution in [0.4, 0.5) is 5.69 Å². The van der Waals surface area contributed by atoms with Gasteiger partial charge in [-0.15, -0.1) is 0 Å². The molecule has 0 radical (unpaired) electrons. The summed E-state index contributed by atoms with van der Waals surface area (Å²) in [5.41, 5.74) is 3.83. The van der Waals surface area contributed by atoms with E-state index >= 15 is 0 Å². The maximum absolute atomic E-state index is 4.82. The Balaban J connectivity index is 2.25. The number of aryl methyl sites for hydroxylation is 1. The molecule has 0 aliphatic heterocycles. The Bertz CT molecular complexity index is 365. The van der Waals surface area contributed by atoms with Gasteiger partial charge in [0, 0.05) is 5.71 Å². The van der Waals surface area contributed by atoms with Gasteiger partial charge >= 0.3 is 0 Å². The molecule has 2 rings (SSSR count). The molecule has 80 valence electrons. The highest BCUT2D eigenvalue weighted by molar-refractivity contribution is 5.89. The first-order valence-electron chi connectivity index (χ1n) is 5.90. The number of nitrogens with zero attached hydrogens (tertiary/aromatic N) is 1. The zero-order valence-electron chi connectivity index (χ0n) is 9.66. The van der Waals surface area contributed by atoms with Crippen LogP contribution in [0.25, 0.3) is 0 Å². The van der Waals surface area contributed by atoms with Crippen LogP contribution in [0, 0.1) is 12.8 Å². The van der Waals surface area contributed by atoms with Gasteiger partial charge in [0.25, 0.3) is 0 Å². The van der Waals surface area contributed by atoms with Crippen molar-refractivity contribution in [1.29, 1.82) is 0 Å². The van der Waals surface area contributed by atoms with E-state index in [1.165, 1.54) is 37.0 Å². The summed E-state index contributed by atoms with van der Waals surface area (Å²) < 4.78 is 0. The fourth-order valence-electron chi connectivity index (χ4n) is 2.18. The summed E-state index contributed by atoms with van der Waals surface area (Å²) in [6.45, 7) is 4.43. The van der Waals surface area contributed by atoms with Crippen LogP contribution in [0.3, 0.4) is 0 Å². The van der Waals surface area contributed by atoms with Gasteiger partial charge in [0.1, 0.15) is 0 Å². The maximum atomic E-state index is 4.82. The Morgan fingerprint density at radius 3 is 2.73 bits per heavy atom. The molecule has 1 atom stereocenters. The molecular weight excluding hydrogens is 182 g/mol. The molecule has 0 heterocycles. The second-order valence-corrected chi connectivity index (χ2v) is 4.54. The number of hydrogen-bond donors (Lipinski definition) is 0. The lowest BCUT2D eigenvalue weighted by atomic mass is 9.88. The molecule has 0 spiro atoms. The van der Waals surface area contributed by atoms with E-state index in [9.17, 15) is 0 Å². The fraction of sp³-hybridized carbons (Fsp3) is 0.500. The van der Waals surface area contributed by atoms with E-state index in [1.807, 2.05) is 0 Å². The second-order valence-electron chi connectivity index (χ2n) is 4.54. The van der Waals surface area contributed by atoms with Crippen LogP contribution in [0.2, 0.25) is 0 Å². The summed E-state index contributed by atoms with van der Waals surface area (Å²) in [4.78, 5) is 4.82. The normalized spacial score (nSPS) is 24.4. The lowest BCUT2D eigenvalue weighted by molar-refractivity contribution is 0.560. The van der Waals surface area contributed by atoms with Gasteiger partial charge in [-0.2, -0.15) is 0 Å². The van der Waals surface area contributed by atoms with E-state index in [2.05, 4.69) is 38.1 Å². The average Bonchev–Trinajstić information content (AvgIpc) is 2.24. The fourth-order valence-corrected chi connectivity index (χ4v) is 2.18. The van der Waals surface area contributed by atoms with Gasteiger partial charge in [-0.3, -0.25) is 4.99 Å². The number of para-hydroxylation sites is 1. The number of aliphatic imine (C=N–C) groups is 1. The van der Waals surface area contributed by atoms with Crippen LogP contribution < -0.4 is 0 Å².